The molecule has 0 spiro atoms. The number of aliphatic imine (C=N–C) groups is 2. The number of carboxylic acid groups (broad SMARTS) is 1. The molecular formula is C64H70N6O12. The van der Waals surface area contributed by atoms with Gasteiger partial charge < -0.3 is 34.4 Å². The number of aryl methyl sites for hydroxylation is 2. The number of benzene rings is 4. The van der Waals surface area contributed by atoms with Gasteiger partial charge in [-0.3, -0.25) is 48.4 Å². The Hall–Kier alpha value is -8.54. The second kappa shape index (κ2) is 25.5. The monoisotopic (exact) mass is 1110 g/mol. The molecule has 0 radical (unpaired) electrons. The normalized spacial score (nSPS) is 18.7. The molecule has 0 saturated carbocycles. The van der Waals surface area contributed by atoms with Crippen molar-refractivity contribution in [2.75, 3.05) is 26.9 Å². The van der Waals surface area contributed by atoms with Gasteiger partial charge >= 0.3 is 5.97 Å². The topological polar surface area (TPSA) is 231 Å². The zero-order valence-corrected chi connectivity index (χ0v) is 47.3. The van der Waals surface area contributed by atoms with E-state index in [1.165, 1.54) is 12.0 Å². The molecule has 1 saturated heterocycles. The minimum absolute atomic E-state index is 0.0237. The maximum atomic E-state index is 14.1. The number of fused-ring (bicyclic) bond motifs is 4. The summed E-state index contributed by atoms with van der Waals surface area (Å²) in [6.07, 6.45) is 11.9. The van der Waals surface area contributed by atoms with E-state index in [9.17, 15) is 43.5 Å². The second-order valence-corrected chi connectivity index (χ2v) is 22.2. The van der Waals surface area contributed by atoms with E-state index in [2.05, 4.69) is 5.32 Å². The molecule has 0 aliphatic carbocycles. The number of carbonyl (C=O) groups excluding carboxylic acids is 7. The van der Waals surface area contributed by atoms with Gasteiger partial charge in [0.1, 0.15) is 11.5 Å². The van der Waals surface area contributed by atoms with Crippen molar-refractivity contribution >= 4 is 82.0 Å². The number of likely N-dealkylation sites (tertiary alicyclic amines) is 1. The number of amides is 5. The predicted octanol–water partition coefficient (Wildman–Crippen LogP) is 9.69. The van der Waals surface area contributed by atoms with Crippen LogP contribution in [-0.4, -0.2) is 124 Å². The maximum absolute atomic E-state index is 14.1. The predicted molar refractivity (Wildman–Crippen MR) is 309 cm³/mol. The lowest BCUT2D eigenvalue weighted by atomic mass is 9.89. The van der Waals surface area contributed by atoms with Gasteiger partial charge in [0.05, 0.1) is 66.5 Å². The Balaban J connectivity index is 0.718. The SMILES string of the molecule is COc1cc2c(cc1OCCCOc1cc3c(cc1C)C(=O)N1C=C(c4ccc(C(=O)O)cc4)C[C@H]1C=N3)N=C[C@@H]1CC(c3ccc(CCC(=O)[C@H](C)CC(=O)[C@@H](NC(=O)CCCCCN4C(=O)CC(C)C4=O)C(C)C)cc3)=CN1C2=O. The number of Topliss-reactive ketones (excluding diaryl/α,β-unsaturated/α-hetero) is 2. The van der Waals surface area contributed by atoms with Gasteiger partial charge in [0.2, 0.25) is 17.7 Å². The lowest BCUT2D eigenvalue weighted by Crippen LogP contribution is -2.45. The Kier molecular flexibility index (Phi) is 18.1. The summed E-state index contributed by atoms with van der Waals surface area (Å²) in [4.78, 5) is 117. The van der Waals surface area contributed by atoms with Crippen molar-refractivity contribution in [3.63, 3.8) is 0 Å². The number of unbranched alkanes of at least 4 members (excludes halogenated alkanes) is 2. The van der Waals surface area contributed by atoms with E-state index in [1.807, 2.05) is 57.4 Å². The van der Waals surface area contributed by atoms with E-state index in [-0.39, 0.29) is 103 Å². The van der Waals surface area contributed by atoms with Crippen LogP contribution in [0.1, 0.15) is 145 Å². The summed E-state index contributed by atoms with van der Waals surface area (Å²) in [6.45, 7) is 10.1. The molecule has 18 nitrogen and oxygen atoms in total. The van der Waals surface area contributed by atoms with Crippen molar-refractivity contribution in [3.8, 4) is 17.2 Å². The van der Waals surface area contributed by atoms with Crippen molar-refractivity contribution in [3.05, 3.63) is 124 Å². The Morgan fingerprint density at radius 1 is 0.695 bits per heavy atom. The van der Waals surface area contributed by atoms with Gasteiger partial charge in [0, 0.05) is 100 Å². The lowest BCUT2D eigenvalue weighted by Gasteiger charge is -2.22. The van der Waals surface area contributed by atoms with Crippen LogP contribution in [-0.2, 0) is 30.4 Å². The van der Waals surface area contributed by atoms with Crippen LogP contribution >= 0.6 is 0 Å². The summed E-state index contributed by atoms with van der Waals surface area (Å²) in [6, 6.07) is 20.2. The summed E-state index contributed by atoms with van der Waals surface area (Å²) in [5, 5.41) is 12.2. The maximum Gasteiger partial charge on any atom is 0.335 e. The van der Waals surface area contributed by atoms with Gasteiger partial charge in [-0.1, -0.05) is 70.5 Å². The fourth-order valence-corrected chi connectivity index (χ4v) is 11.0. The van der Waals surface area contributed by atoms with Gasteiger partial charge in [0.15, 0.2) is 17.3 Å². The number of carboxylic acids is 1. The van der Waals surface area contributed by atoms with Crippen molar-refractivity contribution < 1.29 is 57.7 Å². The van der Waals surface area contributed by atoms with Crippen LogP contribution in [0.5, 0.6) is 17.2 Å². The number of imide groups is 1. The Morgan fingerprint density at radius 2 is 1.28 bits per heavy atom. The smallest absolute Gasteiger partial charge is 0.335 e. The number of hydrogen-bond donors (Lipinski definition) is 2. The molecular weight excluding hydrogens is 1040 g/mol. The Labute approximate surface area is 477 Å². The van der Waals surface area contributed by atoms with Gasteiger partial charge in [-0.2, -0.15) is 0 Å². The largest absolute Gasteiger partial charge is 0.493 e. The number of nitrogens with one attached hydrogen (secondary N) is 1. The first kappa shape index (κ1) is 58.1. The molecule has 18 heteroatoms. The number of rotatable bonds is 25. The number of nitrogens with zero attached hydrogens (tertiary/aromatic N) is 5. The number of aromatic carboxylic acids is 1. The molecule has 9 rings (SSSR count). The minimum Gasteiger partial charge on any atom is -0.493 e. The standard InChI is InChI=1S/C64H70N6O12/c1-37(2)60(67-58(73)11-8-7-9-22-68-59(74)27-40(5)61(68)75)54(72)26-38(3)53(71)21-14-41-12-15-42(16-13-41)45-28-48-34-66-52-32-57(56(80-6)30-50(52)63(77)70(48)35-45)82-24-10-23-81-55-31-51-49(25-39(55)4)62(76)69-36-46(29-47(69)33-65-51)43-17-19-44(20-18-43)64(78)79/h12-13,15-20,25,30-38,40,47-48,60H,7-11,14,21-24,26-29H2,1-6H3,(H,67,73)(H,78,79)/t38-,40?,47+,48+,60+/m1/s1. The highest BCUT2D eigenvalue weighted by molar-refractivity contribution is 6.07. The fraction of sp³-hybridized carbons (Fsp3) is 0.406. The van der Waals surface area contributed by atoms with Gasteiger partial charge in [0.25, 0.3) is 11.8 Å². The summed E-state index contributed by atoms with van der Waals surface area (Å²) < 4.78 is 18.0. The molecule has 4 aromatic rings. The van der Waals surface area contributed by atoms with Gasteiger partial charge in [-0.15, -0.1) is 0 Å². The fourth-order valence-electron chi connectivity index (χ4n) is 11.0. The number of methoxy groups -OCH3 is 1. The molecule has 2 N–H and O–H groups in total. The molecule has 1 fully saturated rings. The number of ether oxygens (including phenoxy) is 3. The van der Waals surface area contributed by atoms with Crippen LogP contribution in [0.25, 0.3) is 11.1 Å². The van der Waals surface area contributed by atoms with Crippen LogP contribution < -0.4 is 19.5 Å². The van der Waals surface area contributed by atoms with Crippen LogP contribution in [0.3, 0.4) is 0 Å². The number of carbonyl (C=O) groups is 8. The third-order valence-corrected chi connectivity index (χ3v) is 15.9. The Morgan fingerprint density at radius 3 is 1.85 bits per heavy atom. The zero-order valence-electron chi connectivity index (χ0n) is 47.3. The van der Waals surface area contributed by atoms with Crippen LogP contribution in [0.15, 0.2) is 95.2 Å². The van der Waals surface area contributed by atoms with E-state index in [4.69, 9.17) is 24.2 Å². The molecule has 5 amide bonds. The molecule has 0 bridgehead atoms. The van der Waals surface area contributed by atoms with Crippen molar-refractivity contribution in [2.45, 2.75) is 123 Å². The van der Waals surface area contributed by atoms with Gasteiger partial charge in [-0.05, 0) is 89.8 Å². The second-order valence-electron chi connectivity index (χ2n) is 22.2. The van der Waals surface area contributed by atoms with Crippen LogP contribution in [0, 0.1) is 24.7 Å². The molecule has 428 valence electrons. The molecule has 5 atom stereocenters. The van der Waals surface area contributed by atoms with E-state index < -0.39 is 17.9 Å². The molecule has 1 unspecified atom stereocenters. The quantitative estimate of drug-likeness (QED) is 0.0467. The summed E-state index contributed by atoms with van der Waals surface area (Å²) >= 11 is 0. The number of hydrogen-bond acceptors (Lipinski definition) is 13. The van der Waals surface area contributed by atoms with Crippen LogP contribution in [0.2, 0.25) is 0 Å². The molecule has 0 aromatic heterocycles. The molecule has 5 aliphatic rings. The highest BCUT2D eigenvalue weighted by Gasteiger charge is 2.37. The minimum atomic E-state index is -0.997. The molecule has 5 heterocycles. The lowest BCUT2D eigenvalue weighted by molar-refractivity contribution is -0.139. The Bertz CT molecular complexity index is 3310. The summed E-state index contributed by atoms with van der Waals surface area (Å²) in [5.41, 5.74) is 7.42. The van der Waals surface area contributed by atoms with Gasteiger partial charge in [-0.25, -0.2) is 4.79 Å². The van der Waals surface area contributed by atoms with Crippen molar-refractivity contribution in [2.24, 2.45) is 27.7 Å². The van der Waals surface area contributed by atoms with Crippen LogP contribution in [0.4, 0.5) is 11.4 Å². The number of ketones is 2. The molecule has 82 heavy (non-hydrogen) atoms. The molecule has 4 aromatic carbocycles. The van der Waals surface area contributed by atoms with E-state index >= 15 is 0 Å². The zero-order chi connectivity index (χ0) is 58.4. The van der Waals surface area contributed by atoms with E-state index in [0.29, 0.717) is 97.8 Å². The van der Waals surface area contributed by atoms with E-state index in [1.54, 1.807) is 84.6 Å². The highest BCUT2D eigenvalue weighted by Crippen LogP contribution is 2.41. The third-order valence-electron chi connectivity index (χ3n) is 15.9. The van der Waals surface area contributed by atoms with E-state index in [0.717, 1.165) is 33.4 Å². The average molecular weight is 1120 g/mol. The summed E-state index contributed by atoms with van der Waals surface area (Å²) in [7, 11) is 1.52. The first-order valence-electron chi connectivity index (χ1n) is 28.3. The first-order valence-corrected chi connectivity index (χ1v) is 28.3. The highest BCUT2D eigenvalue weighted by atomic mass is 16.5. The summed E-state index contributed by atoms with van der Waals surface area (Å²) in [5.74, 6) is -1.69. The first-order chi connectivity index (χ1) is 39.4. The van der Waals surface area contributed by atoms with Crippen molar-refractivity contribution in [1.82, 2.24) is 20.0 Å². The van der Waals surface area contributed by atoms with Crippen molar-refractivity contribution in [1.29, 1.82) is 0 Å². The molecule has 5 aliphatic heterocycles. The third kappa shape index (κ3) is 13.1. The average Bonchev–Trinajstić information content (AvgIpc) is 4.34.